The zero-order valence-electron chi connectivity index (χ0n) is 16.9. The highest BCUT2D eigenvalue weighted by Crippen LogP contribution is 2.39. The Balaban J connectivity index is 1.89. The lowest BCUT2D eigenvalue weighted by Crippen LogP contribution is -2.45. The molecule has 1 aromatic rings. The molecule has 0 saturated heterocycles. The van der Waals surface area contributed by atoms with E-state index in [1.54, 1.807) is 24.3 Å². The summed E-state index contributed by atoms with van der Waals surface area (Å²) in [4.78, 5) is 12.9. The summed E-state index contributed by atoms with van der Waals surface area (Å²) in [6, 6.07) is 4.93. The highest BCUT2D eigenvalue weighted by Gasteiger charge is 2.40. The molecule has 1 saturated carbocycles. The monoisotopic (exact) mass is 427 g/mol. The number of rotatable bonds is 9. The summed E-state index contributed by atoms with van der Waals surface area (Å²) >= 11 is 12.0. The SMILES string of the molecule is C=CC(NC(=O)C(C)(C)CCOc1ccc(Cl)cc1Cl)C1CCC(O)(CC)C1. The van der Waals surface area contributed by atoms with Gasteiger partial charge in [-0.2, -0.15) is 0 Å². The van der Waals surface area contributed by atoms with Gasteiger partial charge >= 0.3 is 0 Å². The lowest BCUT2D eigenvalue weighted by Gasteiger charge is -2.29. The molecule has 1 fully saturated rings. The molecule has 156 valence electrons. The van der Waals surface area contributed by atoms with E-state index in [9.17, 15) is 9.90 Å². The lowest BCUT2D eigenvalue weighted by molar-refractivity contribution is -0.130. The molecule has 0 heterocycles. The van der Waals surface area contributed by atoms with Gasteiger partial charge in [-0.25, -0.2) is 0 Å². The minimum Gasteiger partial charge on any atom is -0.492 e. The van der Waals surface area contributed by atoms with Gasteiger partial charge in [-0.15, -0.1) is 6.58 Å². The number of amides is 1. The lowest BCUT2D eigenvalue weighted by atomic mass is 9.87. The van der Waals surface area contributed by atoms with Crippen molar-refractivity contribution in [1.29, 1.82) is 0 Å². The molecule has 3 unspecified atom stereocenters. The molecule has 1 aromatic carbocycles. The standard InChI is InChI=1S/C22H31Cl2NO3/c1-5-18(15-9-10-22(27,6-2)14-15)25-20(26)21(3,4)11-12-28-19-8-7-16(23)13-17(19)24/h5,7-8,13,15,18,27H,1,6,9-12,14H2,2-4H3,(H,25,26). The van der Waals surface area contributed by atoms with E-state index >= 15 is 0 Å². The number of aliphatic hydroxyl groups is 1. The Kier molecular flexibility index (Phi) is 7.83. The normalized spacial score (nSPS) is 23.3. The summed E-state index contributed by atoms with van der Waals surface area (Å²) in [5.74, 6) is 0.720. The number of nitrogens with one attached hydrogen (secondary N) is 1. The van der Waals surface area contributed by atoms with Crippen molar-refractivity contribution in [2.45, 2.75) is 64.5 Å². The Morgan fingerprint density at radius 1 is 1.50 bits per heavy atom. The minimum atomic E-state index is -0.613. The van der Waals surface area contributed by atoms with Crippen LogP contribution >= 0.6 is 23.2 Å². The van der Waals surface area contributed by atoms with Crippen LogP contribution in [0.15, 0.2) is 30.9 Å². The molecule has 1 amide bonds. The summed E-state index contributed by atoms with van der Waals surface area (Å²) in [5.41, 5.74) is -1.22. The third kappa shape index (κ3) is 5.88. The number of benzene rings is 1. The number of hydrogen-bond donors (Lipinski definition) is 2. The van der Waals surface area contributed by atoms with Gasteiger partial charge < -0.3 is 15.2 Å². The summed E-state index contributed by atoms with van der Waals surface area (Å²) in [6.45, 7) is 10.0. The van der Waals surface area contributed by atoms with E-state index < -0.39 is 11.0 Å². The van der Waals surface area contributed by atoms with Crippen molar-refractivity contribution in [3.63, 3.8) is 0 Å². The summed E-state index contributed by atoms with van der Waals surface area (Å²) in [7, 11) is 0. The fourth-order valence-corrected chi connectivity index (χ4v) is 4.07. The highest BCUT2D eigenvalue weighted by molar-refractivity contribution is 6.35. The molecule has 3 atom stereocenters. The van der Waals surface area contributed by atoms with E-state index in [2.05, 4.69) is 11.9 Å². The quantitative estimate of drug-likeness (QED) is 0.518. The summed E-state index contributed by atoms with van der Waals surface area (Å²) in [6.07, 6.45) is 5.40. The molecule has 2 N–H and O–H groups in total. The molecule has 28 heavy (non-hydrogen) atoms. The van der Waals surface area contributed by atoms with Crippen LogP contribution in [0.5, 0.6) is 5.75 Å². The molecule has 0 radical (unpaired) electrons. The second-order valence-electron chi connectivity index (χ2n) is 8.37. The molecule has 0 bridgehead atoms. The van der Waals surface area contributed by atoms with E-state index in [0.29, 0.717) is 35.2 Å². The van der Waals surface area contributed by atoms with Gasteiger partial charge in [0.15, 0.2) is 0 Å². The van der Waals surface area contributed by atoms with Gasteiger partial charge in [-0.05, 0) is 56.2 Å². The molecule has 2 rings (SSSR count). The molecule has 0 aliphatic heterocycles. The van der Waals surface area contributed by atoms with Crippen molar-refractivity contribution in [2.24, 2.45) is 11.3 Å². The molecule has 1 aliphatic carbocycles. The first kappa shape index (κ1) is 23.1. The fraction of sp³-hybridized carbons (Fsp3) is 0.591. The van der Waals surface area contributed by atoms with Crippen molar-refractivity contribution in [3.05, 3.63) is 40.9 Å². The largest absolute Gasteiger partial charge is 0.492 e. The van der Waals surface area contributed by atoms with Gasteiger partial charge in [0.25, 0.3) is 0 Å². The van der Waals surface area contributed by atoms with Gasteiger partial charge in [-0.3, -0.25) is 4.79 Å². The number of ether oxygens (including phenoxy) is 1. The van der Waals surface area contributed by atoms with E-state index in [1.165, 1.54) is 0 Å². The second kappa shape index (κ2) is 9.51. The van der Waals surface area contributed by atoms with Crippen LogP contribution in [0.2, 0.25) is 10.0 Å². The van der Waals surface area contributed by atoms with Crippen LogP contribution in [0.25, 0.3) is 0 Å². The zero-order chi connectivity index (χ0) is 20.9. The molecule has 0 spiro atoms. The van der Waals surface area contributed by atoms with Crippen LogP contribution in [-0.4, -0.2) is 29.3 Å². The maximum atomic E-state index is 12.9. The first-order chi connectivity index (χ1) is 13.1. The fourth-order valence-electron chi connectivity index (χ4n) is 3.61. The first-order valence-corrected chi connectivity index (χ1v) is 10.6. The number of carbonyl (C=O) groups is 1. The smallest absolute Gasteiger partial charge is 0.226 e. The van der Waals surface area contributed by atoms with E-state index in [1.807, 2.05) is 20.8 Å². The van der Waals surface area contributed by atoms with Gasteiger partial charge in [-0.1, -0.05) is 50.0 Å². The Labute approximate surface area is 178 Å². The Bertz CT molecular complexity index is 707. The van der Waals surface area contributed by atoms with Crippen LogP contribution in [0.4, 0.5) is 0 Å². The van der Waals surface area contributed by atoms with Crippen molar-refractivity contribution < 1.29 is 14.6 Å². The Morgan fingerprint density at radius 3 is 2.79 bits per heavy atom. The predicted molar refractivity (Wildman–Crippen MR) is 115 cm³/mol. The van der Waals surface area contributed by atoms with Gasteiger partial charge in [0, 0.05) is 16.5 Å². The van der Waals surface area contributed by atoms with Crippen molar-refractivity contribution in [3.8, 4) is 5.75 Å². The minimum absolute atomic E-state index is 0.0462. The average molecular weight is 428 g/mol. The van der Waals surface area contributed by atoms with Crippen LogP contribution in [-0.2, 0) is 4.79 Å². The van der Waals surface area contributed by atoms with Gasteiger partial charge in [0.05, 0.1) is 17.2 Å². The third-order valence-corrected chi connectivity index (χ3v) is 6.36. The van der Waals surface area contributed by atoms with Crippen LogP contribution < -0.4 is 10.1 Å². The maximum absolute atomic E-state index is 12.9. The van der Waals surface area contributed by atoms with Crippen LogP contribution in [0.1, 0.15) is 52.9 Å². The Morgan fingerprint density at radius 2 is 2.21 bits per heavy atom. The Hall–Kier alpha value is -1.23. The van der Waals surface area contributed by atoms with Crippen molar-refractivity contribution >= 4 is 29.1 Å². The molecule has 4 nitrogen and oxygen atoms in total. The van der Waals surface area contributed by atoms with E-state index in [-0.39, 0.29) is 17.9 Å². The van der Waals surface area contributed by atoms with Crippen molar-refractivity contribution in [1.82, 2.24) is 5.32 Å². The van der Waals surface area contributed by atoms with Crippen LogP contribution in [0, 0.1) is 11.3 Å². The first-order valence-electron chi connectivity index (χ1n) is 9.84. The number of carbonyl (C=O) groups excluding carboxylic acids is 1. The topological polar surface area (TPSA) is 58.6 Å². The van der Waals surface area contributed by atoms with E-state index in [0.717, 1.165) is 19.3 Å². The van der Waals surface area contributed by atoms with E-state index in [4.69, 9.17) is 27.9 Å². The molecule has 1 aliphatic rings. The number of halogens is 2. The number of hydrogen-bond acceptors (Lipinski definition) is 3. The summed E-state index contributed by atoms with van der Waals surface area (Å²) in [5, 5.41) is 14.6. The third-order valence-electron chi connectivity index (χ3n) is 5.83. The molecule has 0 aromatic heterocycles. The average Bonchev–Trinajstić information content (AvgIpc) is 3.04. The maximum Gasteiger partial charge on any atom is 0.226 e. The highest BCUT2D eigenvalue weighted by atomic mass is 35.5. The molecular weight excluding hydrogens is 397 g/mol. The van der Waals surface area contributed by atoms with Crippen LogP contribution in [0.3, 0.4) is 0 Å². The summed E-state index contributed by atoms with van der Waals surface area (Å²) < 4.78 is 5.73. The van der Waals surface area contributed by atoms with Gasteiger partial charge in [0.2, 0.25) is 5.91 Å². The molecule has 6 heteroatoms. The predicted octanol–water partition coefficient (Wildman–Crippen LogP) is 5.40. The van der Waals surface area contributed by atoms with Gasteiger partial charge in [0.1, 0.15) is 5.75 Å². The molecular formula is C22H31Cl2NO3. The zero-order valence-corrected chi connectivity index (χ0v) is 18.4. The van der Waals surface area contributed by atoms with Crippen molar-refractivity contribution in [2.75, 3.05) is 6.61 Å². The second-order valence-corrected chi connectivity index (χ2v) is 9.22.